The summed E-state index contributed by atoms with van der Waals surface area (Å²) < 4.78 is 0. The van der Waals surface area contributed by atoms with Crippen LogP contribution in [0.3, 0.4) is 0 Å². The van der Waals surface area contributed by atoms with E-state index in [1.807, 2.05) is 18.3 Å². The minimum atomic E-state index is 0.258. The Labute approximate surface area is 116 Å². The van der Waals surface area contributed by atoms with E-state index < -0.39 is 0 Å². The minimum absolute atomic E-state index is 0.258. The van der Waals surface area contributed by atoms with E-state index in [1.54, 1.807) is 18.0 Å². The number of hydrogen-bond donors (Lipinski definition) is 1. The molecule has 3 rings (SSSR count). The van der Waals surface area contributed by atoms with Gasteiger partial charge in [-0.1, -0.05) is 72.4 Å². The highest BCUT2D eigenvalue weighted by atomic mass is 32.2. The maximum absolute atomic E-state index is 4.31. The standard InChI is InChI=1S/C16H14N2S/c1-3-7-13(8-4-1)15(14-9-5-2-6-10-14)19-16-17-11-12-18-16/h1-12,15H,(H,17,18). The highest BCUT2D eigenvalue weighted by Gasteiger charge is 2.16. The molecule has 0 spiro atoms. The van der Waals surface area contributed by atoms with Gasteiger partial charge >= 0.3 is 0 Å². The van der Waals surface area contributed by atoms with Gasteiger partial charge in [0.2, 0.25) is 0 Å². The Kier molecular flexibility index (Phi) is 3.65. The smallest absolute Gasteiger partial charge is 0.166 e. The molecule has 0 fully saturated rings. The molecule has 3 aromatic rings. The van der Waals surface area contributed by atoms with Crippen LogP contribution in [0.25, 0.3) is 0 Å². The summed E-state index contributed by atoms with van der Waals surface area (Å²) in [4.78, 5) is 7.47. The van der Waals surface area contributed by atoms with Crippen molar-refractivity contribution in [3.8, 4) is 0 Å². The van der Waals surface area contributed by atoms with Gasteiger partial charge in [-0.25, -0.2) is 4.98 Å². The predicted octanol–water partition coefficient (Wildman–Crippen LogP) is 4.29. The Morgan fingerprint density at radius 2 is 1.42 bits per heavy atom. The van der Waals surface area contributed by atoms with Crippen LogP contribution in [0.5, 0.6) is 0 Å². The second-order valence-corrected chi connectivity index (χ2v) is 5.31. The van der Waals surface area contributed by atoms with Gasteiger partial charge in [0.25, 0.3) is 0 Å². The number of nitrogens with one attached hydrogen (secondary N) is 1. The molecule has 0 aliphatic heterocycles. The van der Waals surface area contributed by atoms with Gasteiger partial charge in [-0.05, 0) is 11.1 Å². The van der Waals surface area contributed by atoms with Crippen LogP contribution in [0.1, 0.15) is 16.4 Å². The van der Waals surface area contributed by atoms with Crippen molar-refractivity contribution in [3.05, 3.63) is 84.2 Å². The number of aromatic nitrogens is 2. The Morgan fingerprint density at radius 1 is 0.842 bits per heavy atom. The molecule has 19 heavy (non-hydrogen) atoms. The Hall–Kier alpha value is -2.00. The van der Waals surface area contributed by atoms with Crippen molar-refractivity contribution in [3.63, 3.8) is 0 Å². The molecule has 0 unspecified atom stereocenters. The second kappa shape index (κ2) is 5.76. The number of benzene rings is 2. The van der Waals surface area contributed by atoms with Crippen LogP contribution in [0.15, 0.2) is 78.2 Å². The molecule has 0 saturated heterocycles. The minimum Gasteiger partial charge on any atom is -0.340 e. The van der Waals surface area contributed by atoms with E-state index in [0.29, 0.717) is 0 Å². The molecule has 0 aliphatic carbocycles. The average Bonchev–Trinajstić information content (AvgIpc) is 3.00. The molecule has 0 bridgehead atoms. The van der Waals surface area contributed by atoms with Crippen molar-refractivity contribution in [2.24, 2.45) is 0 Å². The van der Waals surface area contributed by atoms with Gasteiger partial charge < -0.3 is 4.98 Å². The maximum atomic E-state index is 4.31. The summed E-state index contributed by atoms with van der Waals surface area (Å²) in [5.41, 5.74) is 2.57. The Balaban J connectivity index is 1.96. The van der Waals surface area contributed by atoms with E-state index >= 15 is 0 Å². The third kappa shape index (κ3) is 2.88. The molecule has 2 nitrogen and oxygen atoms in total. The molecule has 0 amide bonds. The Morgan fingerprint density at radius 3 is 1.89 bits per heavy atom. The summed E-state index contributed by atoms with van der Waals surface area (Å²) in [6, 6.07) is 21.0. The van der Waals surface area contributed by atoms with Crippen LogP contribution >= 0.6 is 11.8 Å². The molecule has 0 saturated carbocycles. The molecule has 1 heterocycles. The molecule has 1 N–H and O–H groups in total. The van der Waals surface area contributed by atoms with E-state index in [1.165, 1.54) is 11.1 Å². The number of nitrogens with zero attached hydrogens (tertiary/aromatic N) is 1. The summed E-state index contributed by atoms with van der Waals surface area (Å²) in [7, 11) is 0. The van der Waals surface area contributed by atoms with Crippen molar-refractivity contribution in [2.75, 3.05) is 0 Å². The van der Waals surface area contributed by atoms with Gasteiger partial charge in [0.15, 0.2) is 5.16 Å². The summed E-state index contributed by atoms with van der Waals surface area (Å²) in [5.74, 6) is 0. The van der Waals surface area contributed by atoms with Gasteiger partial charge in [-0.3, -0.25) is 0 Å². The first-order valence-corrected chi connectivity index (χ1v) is 7.07. The lowest BCUT2D eigenvalue weighted by atomic mass is 10.0. The molecule has 0 radical (unpaired) electrons. The molecule has 94 valence electrons. The second-order valence-electron chi connectivity index (χ2n) is 4.21. The molecular formula is C16H14N2S. The first-order chi connectivity index (χ1) is 9.43. The van der Waals surface area contributed by atoms with Crippen LogP contribution in [0.4, 0.5) is 0 Å². The topological polar surface area (TPSA) is 28.7 Å². The van der Waals surface area contributed by atoms with Crippen molar-refractivity contribution in [2.45, 2.75) is 10.4 Å². The summed E-state index contributed by atoms with van der Waals surface area (Å²) in [6.45, 7) is 0. The molecule has 2 aromatic carbocycles. The molecule has 0 aliphatic rings. The highest BCUT2D eigenvalue weighted by molar-refractivity contribution is 7.99. The van der Waals surface area contributed by atoms with E-state index in [0.717, 1.165) is 5.16 Å². The van der Waals surface area contributed by atoms with Crippen molar-refractivity contribution >= 4 is 11.8 Å². The number of thioether (sulfide) groups is 1. The first-order valence-electron chi connectivity index (χ1n) is 6.19. The van der Waals surface area contributed by atoms with Crippen LogP contribution in [-0.2, 0) is 0 Å². The van der Waals surface area contributed by atoms with Crippen LogP contribution in [0, 0.1) is 0 Å². The zero-order valence-corrected chi connectivity index (χ0v) is 11.2. The molecule has 1 aromatic heterocycles. The van der Waals surface area contributed by atoms with E-state index in [4.69, 9.17) is 0 Å². The maximum Gasteiger partial charge on any atom is 0.166 e. The van der Waals surface area contributed by atoms with Crippen LogP contribution in [0.2, 0.25) is 0 Å². The van der Waals surface area contributed by atoms with E-state index in [9.17, 15) is 0 Å². The van der Waals surface area contributed by atoms with Gasteiger partial charge in [-0.15, -0.1) is 0 Å². The van der Waals surface area contributed by atoms with Gasteiger partial charge in [0, 0.05) is 12.4 Å². The molecular weight excluding hydrogens is 252 g/mol. The largest absolute Gasteiger partial charge is 0.340 e. The number of imidazole rings is 1. The summed E-state index contributed by atoms with van der Waals surface area (Å²) >= 11 is 1.73. The predicted molar refractivity (Wildman–Crippen MR) is 79.2 cm³/mol. The fraction of sp³-hybridized carbons (Fsp3) is 0.0625. The van der Waals surface area contributed by atoms with Crippen LogP contribution in [-0.4, -0.2) is 9.97 Å². The quantitative estimate of drug-likeness (QED) is 0.714. The lowest BCUT2D eigenvalue weighted by Gasteiger charge is -2.16. The normalized spacial score (nSPS) is 10.8. The Bertz CT molecular complexity index is 566. The van der Waals surface area contributed by atoms with Gasteiger partial charge in [0.1, 0.15) is 0 Å². The van der Waals surface area contributed by atoms with E-state index in [2.05, 4.69) is 58.5 Å². The highest BCUT2D eigenvalue weighted by Crippen LogP contribution is 2.38. The monoisotopic (exact) mass is 266 g/mol. The zero-order chi connectivity index (χ0) is 12.9. The number of H-pyrrole nitrogens is 1. The number of hydrogen-bond acceptors (Lipinski definition) is 2. The number of aromatic amines is 1. The van der Waals surface area contributed by atoms with Crippen molar-refractivity contribution < 1.29 is 0 Å². The number of rotatable bonds is 4. The van der Waals surface area contributed by atoms with E-state index in [-0.39, 0.29) is 5.25 Å². The first kappa shape index (κ1) is 12.1. The van der Waals surface area contributed by atoms with Crippen molar-refractivity contribution in [1.82, 2.24) is 9.97 Å². The third-order valence-electron chi connectivity index (χ3n) is 2.91. The average molecular weight is 266 g/mol. The summed E-state index contributed by atoms with van der Waals surface area (Å²) in [6.07, 6.45) is 3.64. The van der Waals surface area contributed by atoms with Crippen LogP contribution < -0.4 is 0 Å². The van der Waals surface area contributed by atoms with Gasteiger partial charge in [-0.2, -0.15) is 0 Å². The summed E-state index contributed by atoms with van der Waals surface area (Å²) in [5, 5.41) is 1.20. The fourth-order valence-electron chi connectivity index (χ4n) is 2.01. The van der Waals surface area contributed by atoms with Gasteiger partial charge in [0.05, 0.1) is 5.25 Å². The fourth-order valence-corrected chi connectivity index (χ4v) is 3.08. The molecule has 3 heteroatoms. The lowest BCUT2D eigenvalue weighted by Crippen LogP contribution is -1.97. The SMILES string of the molecule is c1ccc(C(Sc2ncc[nH]2)c2ccccc2)cc1. The zero-order valence-electron chi connectivity index (χ0n) is 10.4. The van der Waals surface area contributed by atoms with Crippen molar-refractivity contribution in [1.29, 1.82) is 0 Å². The third-order valence-corrected chi connectivity index (χ3v) is 4.13. The molecule has 0 atom stereocenters. The lowest BCUT2D eigenvalue weighted by molar-refractivity contribution is 1.04.